The molecule has 1 amide bonds. The summed E-state index contributed by atoms with van der Waals surface area (Å²) in [5.74, 6) is -0.129. The first-order valence-electron chi connectivity index (χ1n) is 5.75. The monoisotopic (exact) mass is 238 g/mol. The number of rotatable bonds is 3. The highest BCUT2D eigenvalue weighted by molar-refractivity contribution is 5.99. The van der Waals surface area contributed by atoms with Crippen LogP contribution >= 0.6 is 0 Å². The topological polar surface area (TPSA) is 42.0 Å². The molecule has 1 aromatic heterocycles. The second-order valence-electron chi connectivity index (χ2n) is 3.79. The van der Waals surface area contributed by atoms with Gasteiger partial charge in [-0.25, -0.2) is 0 Å². The lowest BCUT2D eigenvalue weighted by molar-refractivity contribution is -0.111. The molecule has 0 unspecified atom stereocenters. The van der Waals surface area contributed by atoms with Crippen molar-refractivity contribution in [3.05, 3.63) is 60.8 Å². The number of amides is 1. The van der Waals surface area contributed by atoms with Crippen LogP contribution in [-0.2, 0) is 4.79 Å². The number of hydrogen-bond acceptors (Lipinski definition) is 2. The maximum Gasteiger partial charge on any atom is 0.248 e. The van der Waals surface area contributed by atoms with E-state index in [1.54, 1.807) is 12.3 Å². The fourth-order valence-corrected chi connectivity index (χ4v) is 1.63. The van der Waals surface area contributed by atoms with Gasteiger partial charge in [0.05, 0.1) is 5.69 Å². The SMILES string of the molecule is C/C=C/C(=O)Nc1cccc(-c2ccccn2)c1. The van der Waals surface area contributed by atoms with Gasteiger partial charge in [-0.2, -0.15) is 0 Å². The second-order valence-corrected chi connectivity index (χ2v) is 3.79. The molecule has 0 saturated carbocycles. The Bertz CT molecular complexity index is 562. The van der Waals surface area contributed by atoms with Crippen molar-refractivity contribution >= 4 is 11.6 Å². The van der Waals surface area contributed by atoms with Crippen molar-refractivity contribution in [2.45, 2.75) is 6.92 Å². The Morgan fingerprint density at radius 1 is 1.22 bits per heavy atom. The van der Waals surface area contributed by atoms with Crippen LogP contribution in [0.15, 0.2) is 60.8 Å². The van der Waals surface area contributed by atoms with Gasteiger partial charge in [-0.05, 0) is 37.3 Å². The summed E-state index contributed by atoms with van der Waals surface area (Å²) in [6, 6.07) is 13.4. The molecule has 0 aliphatic carbocycles. The summed E-state index contributed by atoms with van der Waals surface area (Å²) < 4.78 is 0. The molecule has 2 aromatic rings. The van der Waals surface area contributed by atoms with Crippen LogP contribution < -0.4 is 5.32 Å². The van der Waals surface area contributed by atoms with Crippen LogP contribution in [0.1, 0.15) is 6.92 Å². The third-order valence-electron chi connectivity index (χ3n) is 2.41. The van der Waals surface area contributed by atoms with Gasteiger partial charge in [-0.3, -0.25) is 9.78 Å². The van der Waals surface area contributed by atoms with E-state index in [-0.39, 0.29) is 5.91 Å². The Morgan fingerprint density at radius 2 is 2.11 bits per heavy atom. The standard InChI is InChI=1S/C15H14N2O/c1-2-6-15(18)17-13-8-5-7-12(11-13)14-9-3-4-10-16-14/h2-11H,1H3,(H,17,18)/b6-2+. The van der Waals surface area contributed by atoms with Gasteiger partial charge < -0.3 is 5.32 Å². The van der Waals surface area contributed by atoms with Gasteiger partial charge in [-0.15, -0.1) is 0 Å². The van der Waals surface area contributed by atoms with Crippen LogP contribution in [0.5, 0.6) is 0 Å². The molecule has 90 valence electrons. The quantitative estimate of drug-likeness (QED) is 0.834. The van der Waals surface area contributed by atoms with E-state index in [1.165, 1.54) is 6.08 Å². The highest BCUT2D eigenvalue weighted by atomic mass is 16.1. The van der Waals surface area contributed by atoms with Crippen LogP contribution in [0.2, 0.25) is 0 Å². The molecule has 0 aliphatic rings. The van der Waals surface area contributed by atoms with E-state index in [4.69, 9.17) is 0 Å². The first kappa shape index (κ1) is 12.0. The molecule has 1 aromatic carbocycles. The highest BCUT2D eigenvalue weighted by Gasteiger charge is 2.01. The molecule has 0 radical (unpaired) electrons. The Hall–Kier alpha value is -2.42. The number of benzene rings is 1. The largest absolute Gasteiger partial charge is 0.323 e. The summed E-state index contributed by atoms with van der Waals surface area (Å²) in [7, 11) is 0. The molecule has 3 nitrogen and oxygen atoms in total. The number of anilines is 1. The van der Waals surface area contributed by atoms with E-state index in [1.807, 2.05) is 49.4 Å². The number of allylic oxidation sites excluding steroid dienone is 1. The minimum atomic E-state index is -0.129. The van der Waals surface area contributed by atoms with Crippen molar-refractivity contribution in [2.75, 3.05) is 5.32 Å². The molecular weight excluding hydrogens is 224 g/mol. The normalized spacial score (nSPS) is 10.5. The summed E-state index contributed by atoms with van der Waals surface area (Å²) in [5, 5.41) is 2.80. The molecule has 2 rings (SSSR count). The van der Waals surface area contributed by atoms with Gasteiger partial charge in [0.1, 0.15) is 0 Å². The van der Waals surface area contributed by atoms with E-state index >= 15 is 0 Å². The molecule has 0 fully saturated rings. The number of aromatic nitrogens is 1. The lowest BCUT2D eigenvalue weighted by atomic mass is 10.1. The van der Waals surface area contributed by atoms with Gasteiger partial charge in [0.2, 0.25) is 5.91 Å². The van der Waals surface area contributed by atoms with Gasteiger partial charge >= 0.3 is 0 Å². The van der Waals surface area contributed by atoms with Crippen molar-refractivity contribution in [3.8, 4) is 11.3 Å². The number of carbonyl (C=O) groups is 1. The second kappa shape index (κ2) is 5.77. The molecular formula is C15H14N2O. The highest BCUT2D eigenvalue weighted by Crippen LogP contribution is 2.20. The molecule has 0 saturated heterocycles. The summed E-state index contributed by atoms with van der Waals surface area (Å²) in [6.45, 7) is 1.81. The van der Waals surface area contributed by atoms with Gasteiger partial charge in [0.25, 0.3) is 0 Å². The number of hydrogen-bond donors (Lipinski definition) is 1. The first-order valence-corrected chi connectivity index (χ1v) is 5.75. The summed E-state index contributed by atoms with van der Waals surface area (Å²) in [5.41, 5.74) is 2.63. The number of carbonyl (C=O) groups excluding carboxylic acids is 1. The zero-order valence-corrected chi connectivity index (χ0v) is 10.1. The molecule has 0 bridgehead atoms. The first-order chi connectivity index (χ1) is 8.79. The van der Waals surface area contributed by atoms with Crippen molar-refractivity contribution in [3.63, 3.8) is 0 Å². The van der Waals surface area contributed by atoms with Crippen molar-refractivity contribution in [1.82, 2.24) is 4.98 Å². The smallest absolute Gasteiger partial charge is 0.248 e. The fourth-order valence-electron chi connectivity index (χ4n) is 1.63. The molecule has 3 heteroatoms. The van der Waals surface area contributed by atoms with E-state index < -0.39 is 0 Å². The van der Waals surface area contributed by atoms with Crippen LogP contribution in [0.3, 0.4) is 0 Å². The fraction of sp³-hybridized carbons (Fsp3) is 0.0667. The van der Waals surface area contributed by atoms with Crippen molar-refractivity contribution in [1.29, 1.82) is 0 Å². The Kier molecular flexibility index (Phi) is 3.86. The lowest BCUT2D eigenvalue weighted by Gasteiger charge is -2.05. The minimum Gasteiger partial charge on any atom is -0.323 e. The molecule has 0 spiro atoms. The molecule has 0 atom stereocenters. The summed E-state index contributed by atoms with van der Waals surface area (Å²) in [4.78, 5) is 15.7. The van der Waals surface area contributed by atoms with Crippen molar-refractivity contribution < 1.29 is 4.79 Å². The van der Waals surface area contributed by atoms with Gasteiger partial charge in [0.15, 0.2) is 0 Å². The predicted molar refractivity (Wildman–Crippen MR) is 73.1 cm³/mol. The molecule has 1 N–H and O–H groups in total. The average Bonchev–Trinajstić information content (AvgIpc) is 2.40. The van der Waals surface area contributed by atoms with Crippen LogP contribution in [0, 0.1) is 0 Å². The zero-order chi connectivity index (χ0) is 12.8. The third kappa shape index (κ3) is 3.04. The minimum absolute atomic E-state index is 0.129. The Morgan fingerprint density at radius 3 is 2.83 bits per heavy atom. The van der Waals surface area contributed by atoms with Crippen LogP contribution in [0.4, 0.5) is 5.69 Å². The summed E-state index contributed by atoms with van der Waals surface area (Å²) in [6.07, 6.45) is 4.95. The Balaban J connectivity index is 2.23. The van der Waals surface area contributed by atoms with E-state index in [0.29, 0.717) is 0 Å². The van der Waals surface area contributed by atoms with Crippen LogP contribution in [0.25, 0.3) is 11.3 Å². The maximum atomic E-state index is 11.4. The average molecular weight is 238 g/mol. The van der Waals surface area contributed by atoms with Crippen LogP contribution in [-0.4, -0.2) is 10.9 Å². The predicted octanol–water partition coefficient (Wildman–Crippen LogP) is 3.26. The van der Waals surface area contributed by atoms with E-state index in [9.17, 15) is 4.79 Å². The molecule has 0 aliphatic heterocycles. The summed E-state index contributed by atoms with van der Waals surface area (Å²) >= 11 is 0. The van der Waals surface area contributed by atoms with Gasteiger partial charge in [0, 0.05) is 17.4 Å². The lowest BCUT2D eigenvalue weighted by Crippen LogP contribution is -2.07. The van der Waals surface area contributed by atoms with Gasteiger partial charge in [-0.1, -0.05) is 24.3 Å². The van der Waals surface area contributed by atoms with Crippen molar-refractivity contribution in [2.24, 2.45) is 0 Å². The maximum absolute atomic E-state index is 11.4. The Labute approximate surface area is 106 Å². The number of pyridine rings is 1. The third-order valence-corrected chi connectivity index (χ3v) is 2.41. The molecule has 1 heterocycles. The number of nitrogens with zero attached hydrogens (tertiary/aromatic N) is 1. The number of nitrogens with one attached hydrogen (secondary N) is 1. The zero-order valence-electron chi connectivity index (χ0n) is 10.1. The van der Waals surface area contributed by atoms with E-state index in [2.05, 4.69) is 10.3 Å². The molecule has 18 heavy (non-hydrogen) atoms. The van der Waals surface area contributed by atoms with E-state index in [0.717, 1.165) is 16.9 Å².